The van der Waals surface area contributed by atoms with E-state index in [1.807, 2.05) is 18.2 Å². The molecule has 5 nitrogen and oxygen atoms in total. The van der Waals surface area contributed by atoms with Crippen molar-refractivity contribution in [3.63, 3.8) is 0 Å². The van der Waals surface area contributed by atoms with Crippen molar-refractivity contribution in [2.75, 3.05) is 0 Å². The van der Waals surface area contributed by atoms with Crippen LogP contribution in [0, 0.1) is 11.8 Å². The summed E-state index contributed by atoms with van der Waals surface area (Å²) in [6.07, 6.45) is 15.1. The van der Waals surface area contributed by atoms with Gasteiger partial charge in [0.05, 0.1) is 5.60 Å². The van der Waals surface area contributed by atoms with Gasteiger partial charge in [0.1, 0.15) is 5.78 Å². The predicted molar refractivity (Wildman–Crippen MR) is 111 cm³/mol. The van der Waals surface area contributed by atoms with Crippen molar-refractivity contribution in [2.24, 2.45) is 11.8 Å². The number of ketones is 1. The van der Waals surface area contributed by atoms with Crippen LogP contribution < -0.4 is 0 Å². The van der Waals surface area contributed by atoms with Gasteiger partial charge >= 0.3 is 5.97 Å². The minimum absolute atomic E-state index is 0.0613. The fourth-order valence-electron chi connectivity index (χ4n) is 3.62. The van der Waals surface area contributed by atoms with Crippen LogP contribution in [0.15, 0.2) is 37.0 Å². The Morgan fingerprint density at radius 2 is 2.07 bits per heavy atom. The monoisotopic (exact) mass is 392 g/mol. The summed E-state index contributed by atoms with van der Waals surface area (Å²) in [5.41, 5.74) is -0.880. The van der Waals surface area contributed by atoms with E-state index < -0.39 is 17.7 Å². The van der Waals surface area contributed by atoms with E-state index in [1.165, 1.54) is 0 Å². The Morgan fingerprint density at radius 1 is 1.32 bits per heavy atom. The largest absolute Gasteiger partial charge is 0.479 e. The van der Waals surface area contributed by atoms with Gasteiger partial charge < -0.3 is 15.3 Å². The number of allylic oxidation sites excluding steroid dienone is 3. The van der Waals surface area contributed by atoms with Gasteiger partial charge in [-0.2, -0.15) is 0 Å². The standard InChI is InChI=1S/C23H36O5/c1-3-5-9-16-23(28,4-2)17-10-11-18-14-15-20(24)19(18)12-7-6-8-13-21(25)22(26)27/h4,6-7,10-11,18-19,21,25,28H,2-3,5,8-9,12-17H2,1H3,(H,26,27)/t18-,19+,21?,23?/m0/s1. The zero-order chi connectivity index (χ0) is 21.0. The number of hydrogen-bond acceptors (Lipinski definition) is 4. The van der Waals surface area contributed by atoms with Crippen LogP contribution in [0.5, 0.6) is 0 Å². The second-order valence-electron chi connectivity index (χ2n) is 7.81. The summed E-state index contributed by atoms with van der Waals surface area (Å²) in [6.45, 7) is 5.90. The number of carboxylic acids is 1. The molecule has 3 N–H and O–H groups in total. The number of aliphatic hydroxyl groups excluding tert-OH is 1. The third kappa shape index (κ3) is 8.53. The molecule has 1 rings (SSSR count). The number of Topliss-reactive ketones (excluding diaryl/α,β-unsaturated/α-hetero) is 1. The summed E-state index contributed by atoms with van der Waals surface area (Å²) < 4.78 is 0. The molecule has 1 fully saturated rings. The molecule has 0 amide bonds. The lowest BCUT2D eigenvalue weighted by Gasteiger charge is -2.23. The van der Waals surface area contributed by atoms with Crippen LogP contribution in [-0.4, -0.2) is 38.8 Å². The van der Waals surface area contributed by atoms with Gasteiger partial charge in [-0.3, -0.25) is 4.79 Å². The number of aliphatic hydroxyl groups is 2. The Bertz CT molecular complexity index is 565. The average molecular weight is 393 g/mol. The molecule has 4 atom stereocenters. The zero-order valence-corrected chi connectivity index (χ0v) is 17.1. The molecule has 0 aromatic carbocycles. The quantitative estimate of drug-likeness (QED) is 0.304. The van der Waals surface area contributed by atoms with Crippen LogP contribution in [0.1, 0.15) is 71.1 Å². The second kappa shape index (κ2) is 12.7. The lowest BCUT2D eigenvalue weighted by molar-refractivity contribution is -0.146. The van der Waals surface area contributed by atoms with E-state index in [-0.39, 0.29) is 24.0 Å². The molecule has 2 unspecified atom stereocenters. The van der Waals surface area contributed by atoms with Crippen molar-refractivity contribution in [1.82, 2.24) is 0 Å². The van der Waals surface area contributed by atoms with Gasteiger partial charge in [-0.1, -0.05) is 56.6 Å². The SMILES string of the molecule is C=CC(O)(CC=C[C@H]1CCC(=O)[C@@H]1CC=CCCC(O)C(=O)O)CCCCC. The van der Waals surface area contributed by atoms with E-state index in [0.717, 1.165) is 25.7 Å². The summed E-state index contributed by atoms with van der Waals surface area (Å²) in [5, 5.41) is 28.5. The average Bonchev–Trinajstić information content (AvgIpc) is 3.01. The molecule has 0 bridgehead atoms. The van der Waals surface area contributed by atoms with Gasteiger partial charge in [0, 0.05) is 12.3 Å². The number of aliphatic carboxylic acids is 1. The number of hydrogen-bond donors (Lipinski definition) is 3. The summed E-state index contributed by atoms with van der Waals surface area (Å²) in [7, 11) is 0. The molecule has 0 spiro atoms. The van der Waals surface area contributed by atoms with Crippen LogP contribution in [0.2, 0.25) is 0 Å². The minimum atomic E-state index is -1.34. The molecule has 0 aliphatic heterocycles. The van der Waals surface area contributed by atoms with Crippen LogP contribution in [-0.2, 0) is 9.59 Å². The smallest absolute Gasteiger partial charge is 0.332 e. The normalized spacial score (nSPS) is 23.3. The maximum Gasteiger partial charge on any atom is 0.332 e. The fraction of sp³-hybridized carbons (Fsp3) is 0.652. The van der Waals surface area contributed by atoms with Crippen LogP contribution in [0.3, 0.4) is 0 Å². The highest BCUT2D eigenvalue weighted by molar-refractivity contribution is 5.83. The molecule has 28 heavy (non-hydrogen) atoms. The zero-order valence-electron chi connectivity index (χ0n) is 17.1. The Hall–Kier alpha value is -1.72. The molecule has 0 aromatic heterocycles. The molecule has 1 saturated carbocycles. The van der Waals surface area contributed by atoms with Crippen LogP contribution in [0.25, 0.3) is 0 Å². The molecule has 0 aromatic rings. The molecule has 0 radical (unpaired) electrons. The third-order valence-electron chi connectivity index (χ3n) is 5.55. The van der Waals surface area contributed by atoms with Gasteiger partial charge in [0.15, 0.2) is 6.10 Å². The Labute approximate surface area is 168 Å². The van der Waals surface area contributed by atoms with Crippen LogP contribution in [0.4, 0.5) is 0 Å². The van der Waals surface area contributed by atoms with E-state index in [1.54, 1.807) is 6.08 Å². The second-order valence-corrected chi connectivity index (χ2v) is 7.81. The minimum Gasteiger partial charge on any atom is -0.479 e. The van der Waals surface area contributed by atoms with Gasteiger partial charge in [-0.15, -0.1) is 6.58 Å². The number of rotatable bonds is 14. The predicted octanol–water partition coefficient (Wildman–Crippen LogP) is 4.20. The van der Waals surface area contributed by atoms with Crippen molar-refractivity contribution in [1.29, 1.82) is 0 Å². The lowest BCUT2D eigenvalue weighted by Crippen LogP contribution is -2.24. The maximum absolute atomic E-state index is 12.2. The Balaban J connectivity index is 2.50. The van der Waals surface area contributed by atoms with Gasteiger partial charge in [0.25, 0.3) is 0 Å². The topological polar surface area (TPSA) is 94.8 Å². The molecule has 1 aliphatic rings. The number of carbonyl (C=O) groups excluding carboxylic acids is 1. The highest BCUT2D eigenvalue weighted by Crippen LogP contribution is 2.33. The van der Waals surface area contributed by atoms with E-state index in [4.69, 9.17) is 5.11 Å². The van der Waals surface area contributed by atoms with E-state index in [2.05, 4.69) is 19.6 Å². The van der Waals surface area contributed by atoms with Crippen molar-refractivity contribution in [3.05, 3.63) is 37.0 Å². The number of carbonyl (C=O) groups is 2. The van der Waals surface area contributed by atoms with Crippen molar-refractivity contribution in [3.8, 4) is 0 Å². The third-order valence-corrected chi connectivity index (χ3v) is 5.55. The van der Waals surface area contributed by atoms with Crippen LogP contribution >= 0.6 is 0 Å². The number of carboxylic acid groups (broad SMARTS) is 1. The summed E-state index contributed by atoms with van der Waals surface area (Å²) in [4.78, 5) is 22.8. The van der Waals surface area contributed by atoms with Crippen molar-refractivity contribution < 1.29 is 24.9 Å². The van der Waals surface area contributed by atoms with E-state index in [0.29, 0.717) is 32.1 Å². The summed E-state index contributed by atoms with van der Waals surface area (Å²) in [5.74, 6) is -0.842. The molecule has 5 heteroatoms. The summed E-state index contributed by atoms with van der Waals surface area (Å²) in [6, 6.07) is 0. The Morgan fingerprint density at radius 3 is 2.71 bits per heavy atom. The van der Waals surface area contributed by atoms with E-state index >= 15 is 0 Å². The molecule has 1 aliphatic carbocycles. The number of unbranched alkanes of at least 4 members (excludes halogenated alkanes) is 2. The lowest BCUT2D eigenvalue weighted by atomic mass is 9.89. The Kier molecular flexibility index (Phi) is 11.0. The first-order valence-electron chi connectivity index (χ1n) is 10.4. The fourth-order valence-corrected chi connectivity index (χ4v) is 3.62. The first-order chi connectivity index (χ1) is 13.3. The maximum atomic E-state index is 12.2. The molecule has 0 saturated heterocycles. The van der Waals surface area contributed by atoms with Gasteiger partial charge in [-0.05, 0) is 44.4 Å². The van der Waals surface area contributed by atoms with Crippen molar-refractivity contribution >= 4 is 11.8 Å². The van der Waals surface area contributed by atoms with Gasteiger partial charge in [-0.25, -0.2) is 4.79 Å². The first kappa shape index (κ1) is 24.3. The highest BCUT2D eigenvalue weighted by atomic mass is 16.4. The first-order valence-corrected chi connectivity index (χ1v) is 10.4. The molecule has 158 valence electrons. The van der Waals surface area contributed by atoms with Gasteiger partial charge in [0.2, 0.25) is 0 Å². The molecule has 0 heterocycles. The highest BCUT2D eigenvalue weighted by Gasteiger charge is 2.32. The molecular formula is C23H36O5. The summed E-state index contributed by atoms with van der Waals surface area (Å²) >= 11 is 0. The van der Waals surface area contributed by atoms with Crippen molar-refractivity contribution in [2.45, 2.75) is 82.8 Å². The van der Waals surface area contributed by atoms with E-state index in [9.17, 15) is 19.8 Å². The molecular weight excluding hydrogens is 356 g/mol.